The molecule has 1 saturated carbocycles. The van der Waals surface area contributed by atoms with Crippen LogP contribution in [0.4, 0.5) is 5.69 Å². The molecule has 0 radical (unpaired) electrons. The van der Waals surface area contributed by atoms with Gasteiger partial charge >= 0.3 is 0 Å². The average Bonchev–Trinajstić information content (AvgIpc) is 2.30. The van der Waals surface area contributed by atoms with E-state index in [1.165, 1.54) is 18.6 Å². The fourth-order valence-corrected chi connectivity index (χ4v) is 2.00. The SMILES string of the molecule is CC1CCC(=NNc2ccc(Cl)cc2)CC1. The highest BCUT2D eigenvalue weighted by Crippen LogP contribution is 2.21. The summed E-state index contributed by atoms with van der Waals surface area (Å²) < 4.78 is 0. The maximum absolute atomic E-state index is 5.81. The molecule has 0 amide bonds. The summed E-state index contributed by atoms with van der Waals surface area (Å²) in [4.78, 5) is 0. The van der Waals surface area contributed by atoms with Gasteiger partial charge in [0.25, 0.3) is 0 Å². The topological polar surface area (TPSA) is 24.4 Å². The maximum Gasteiger partial charge on any atom is 0.0562 e. The highest BCUT2D eigenvalue weighted by molar-refractivity contribution is 6.30. The smallest absolute Gasteiger partial charge is 0.0562 e. The van der Waals surface area contributed by atoms with Gasteiger partial charge in [-0.05, 0) is 55.9 Å². The van der Waals surface area contributed by atoms with Gasteiger partial charge in [0, 0.05) is 10.7 Å². The average molecular weight is 237 g/mol. The molecule has 1 aliphatic rings. The standard InChI is InChI=1S/C13H17ClN2/c1-10-2-6-12(7-3-10)15-16-13-8-4-11(14)5-9-13/h4-5,8-10,16H,2-3,6-7H2,1H3. The van der Waals surface area contributed by atoms with Crippen LogP contribution >= 0.6 is 11.6 Å². The molecule has 3 heteroatoms. The van der Waals surface area contributed by atoms with E-state index in [0.29, 0.717) is 0 Å². The minimum atomic E-state index is 0.754. The molecule has 1 aromatic rings. The molecule has 0 unspecified atom stereocenters. The lowest BCUT2D eigenvalue weighted by Crippen LogP contribution is -2.12. The lowest BCUT2D eigenvalue weighted by molar-refractivity contribution is 0.483. The molecule has 0 spiro atoms. The first-order valence-corrected chi connectivity index (χ1v) is 6.19. The summed E-state index contributed by atoms with van der Waals surface area (Å²) >= 11 is 5.81. The summed E-state index contributed by atoms with van der Waals surface area (Å²) in [6.45, 7) is 2.31. The van der Waals surface area contributed by atoms with Gasteiger partial charge in [0.1, 0.15) is 0 Å². The van der Waals surface area contributed by atoms with Crippen LogP contribution in [-0.2, 0) is 0 Å². The van der Waals surface area contributed by atoms with Gasteiger partial charge in [-0.25, -0.2) is 0 Å². The van der Waals surface area contributed by atoms with Crippen LogP contribution in [0.25, 0.3) is 0 Å². The van der Waals surface area contributed by atoms with Gasteiger partial charge in [0.15, 0.2) is 0 Å². The summed E-state index contributed by atoms with van der Waals surface area (Å²) in [5, 5.41) is 5.20. The van der Waals surface area contributed by atoms with Crippen molar-refractivity contribution in [2.45, 2.75) is 32.6 Å². The molecule has 2 nitrogen and oxygen atoms in total. The highest BCUT2D eigenvalue weighted by atomic mass is 35.5. The van der Waals surface area contributed by atoms with Gasteiger partial charge in [0.2, 0.25) is 0 Å². The van der Waals surface area contributed by atoms with Crippen molar-refractivity contribution in [2.75, 3.05) is 5.43 Å². The van der Waals surface area contributed by atoms with Gasteiger partial charge < -0.3 is 0 Å². The van der Waals surface area contributed by atoms with Crippen LogP contribution in [0.2, 0.25) is 5.02 Å². The van der Waals surface area contributed by atoms with Gasteiger partial charge in [0.05, 0.1) is 5.69 Å². The summed E-state index contributed by atoms with van der Waals surface area (Å²) in [7, 11) is 0. The Morgan fingerprint density at radius 3 is 2.44 bits per heavy atom. The van der Waals surface area contributed by atoms with Gasteiger partial charge in [-0.2, -0.15) is 5.10 Å². The predicted octanol–water partition coefficient (Wildman–Crippen LogP) is 4.32. The lowest BCUT2D eigenvalue weighted by atomic mass is 9.90. The van der Waals surface area contributed by atoms with Gasteiger partial charge in [-0.1, -0.05) is 18.5 Å². The second-order valence-corrected chi connectivity index (χ2v) is 4.92. The zero-order valence-corrected chi connectivity index (χ0v) is 10.3. The van der Waals surface area contributed by atoms with E-state index in [2.05, 4.69) is 17.5 Å². The largest absolute Gasteiger partial charge is 0.279 e. The third kappa shape index (κ3) is 3.24. The van der Waals surface area contributed by atoms with Crippen LogP contribution in [0.5, 0.6) is 0 Å². The fraction of sp³-hybridized carbons (Fsp3) is 0.462. The van der Waals surface area contributed by atoms with E-state index in [1.54, 1.807) is 0 Å². The zero-order chi connectivity index (χ0) is 11.4. The van der Waals surface area contributed by atoms with Crippen LogP contribution in [-0.4, -0.2) is 5.71 Å². The molecule has 2 rings (SSSR count). The van der Waals surface area contributed by atoms with Crippen molar-refractivity contribution in [3.05, 3.63) is 29.3 Å². The van der Waals surface area contributed by atoms with Crippen molar-refractivity contribution in [3.63, 3.8) is 0 Å². The number of hydrogen-bond acceptors (Lipinski definition) is 2. The first-order chi connectivity index (χ1) is 7.74. The number of hydrazone groups is 1. The molecule has 86 valence electrons. The summed E-state index contributed by atoms with van der Waals surface area (Å²) in [5.41, 5.74) is 5.37. The Labute approximate surface area is 102 Å². The second kappa shape index (κ2) is 5.35. The number of nitrogens with zero attached hydrogens (tertiary/aromatic N) is 1. The van der Waals surface area contributed by atoms with Crippen molar-refractivity contribution in [1.29, 1.82) is 0 Å². The molecule has 0 aliphatic heterocycles. The van der Waals surface area contributed by atoms with Crippen LogP contribution in [0.3, 0.4) is 0 Å². The van der Waals surface area contributed by atoms with Crippen molar-refractivity contribution < 1.29 is 0 Å². The molecule has 1 aliphatic carbocycles. The second-order valence-electron chi connectivity index (χ2n) is 4.48. The molecule has 1 N–H and O–H groups in total. The Balaban J connectivity index is 1.91. The van der Waals surface area contributed by atoms with E-state index in [-0.39, 0.29) is 0 Å². The van der Waals surface area contributed by atoms with E-state index in [1.807, 2.05) is 24.3 Å². The normalized spacial score (nSPS) is 20.6. The zero-order valence-electron chi connectivity index (χ0n) is 9.54. The van der Waals surface area contributed by atoms with Crippen LogP contribution < -0.4 is 5.43 Å². The lowest BCUT2D eigenvalue weighted by Gasteiger charge is -2.18. The minimum Gasteiger partial charge on any atom is -0.279 e. The van der Waals surface area contributed by atoms with Gasteiger partial charge in [-0.3, -0.25) is 5.43 Å². The number of anilines is 1. The monoisotopic (exact) mass is 236 g/mol. The van der Waals surface area contributed by atoms with Crippen LogP contribution in [0.1, 0.15) is 32.6 Å². The fourth-order valence-electron chi connectivity index (χ4n) is 1.88. The third-order valence-corrected chi connectivity index (χ3v) is 3.29. The summed E-state index contributed by atoms with van der Waals surface area (Å²) in [6.07, 6.45) is 4.78. The van der Waals surface area contributed by atoms with Crippen molar-refractivity contribution >= 4 is 23.0 Å². The van der Waals surface area contributed by atoms with Crippen LogP contribution in [0, 0.1) is 5.92 Å². The van der Waals surface area contributed by atoms with E-state index in [0.717, 1.165) is 29.5 Å². The molecule has 0 heterocycles. The Hall–Kier alpha value is -1.02. The molecule has 1 fully saturated rings. The molecule has 1 aromatic carbocycles. The Morgan fingerprint density at radius 1 is 1.19 bits per heavy atom. The molecular weight excluding hydrogens is 220 g/mol. The first-order valence-electron chi connectivity index (χ1n) is 5.81. The molecule has 0 atom stereocenters. The summed E-state index contributed by atoms with van der Waals surface area (Å²) in [5.74, 6) is 0.856. The number of benzene rings is 1. The number of nitrogens with one attached hydrogen (secondary N) is 1. The third-order valence-electron chi connectivity index (χ3n) is 3.04. The minimum absolute atomic E-state index is 0.754. The predicted molar refractivity (Wildman–Crippen MR) is 70.1 cm³/mol. The number of rotatable bonds is 2. The van der Waals surface area contributed by atoms with E-state index < -0.39 is 0 Å². The molecule has 0 saturated heterocycles. The number of hydrogen-bond donors (Lipinski definition) is 1. The molecular formula is C13H17ClN2. The van der Waals surface area contributed by atoms with E-state index >= 15 is 0 Å². The van der Waals surface area contributed by atoms with Crippen molar-refractivity contribution in [3.8, 4) is 0 Å². The molecule has 16 heavy (non-hydrogen) atoms. The molecule has 0 bridgehead atoms. The Morgan fingerprint density at radius 2 is 1.81 bits per heavy atom. The maximum atomic E-state index is 5.81. The summed E-state index contributed by atoms with van der Waals surface area (Å²) in [6, 6.07) is 7.62. The van der Waals surface area contributed by atoms with Crippen molar-refractivity contribution in [2.24, 2.45) is 11.0 Å². The quantitative estimate of drug-likeness (QED) is 0.760. The van der Waals surface area contributed by atoms with Gasteiger partial charge in [-0.15, -0.1) is 0 Å². The molecule has 0 aromatic heterocycles. The number of halogens is 1. The van der Waals surface area contributed by atoms with Crippen molar-refractivity contribution in [1.82, 2.24) is 0 Å². The Kier molecular flexibility index (Phi) is 3.83. The first kappa shape index (κ1) is 11.5. The Bertz CT molecular complexity index is 360. The van der Waals surface area contributed by atoms with E-state index in [9.17, 15) is 0 Å². The van der Waals surface area contributed by atoms with E-state index in [4.69, 9.17) is 11.6 Å². The van der Waals surface area contributed by atoms with Crippen LogP contribution in [0.15, 0.2) is 29.4 Å². The highest BCUT2D eigenvalue weighted by Gasteiger charge is 2.13.